The maximum Gasteiger partial charge on any atom is 0.251 e. The molecule has 0 aromatic heterocycles. The van der Waals surface area contributed by atoms with Crippen LogP contribution in [0.25, 0.3) is 0 Å². The van der Waals surface area contributed by atoms with Gasteiger partial charge >= 0.3 is 0 Å². The van der Waals surface area contributed by atoms with Crippen molar-refractivity contribution in [2.24, 2.45) is 0 Å². The number of carbonyl (C=O) groups excluding carboxylic acids is 1. The first-order chi connectivity index (χ1) is 16.0. The quantitative estimate of drug-likeness (QED) is 0.422. The number of halogens is 2. The van der Waals surface area contributed by atoms with E-state index in [-0.39, 0.29) is 23.2 Å². The van der Waals surface area contributed by atoms with Gasteiger partial charge in [-0.2, -0.15) is 0 Å². The van der Waals surface area contributed by atoms with E-state index in [2.05, 4.69) is 5.32 Å². The highest BCUT2D eigenvalue weighted by atomic mass is 35.5. The molecular weight excluding hydrogens is 479 g/mol. The van der Waals surface area contributed by atoms with Gasteiger partial charge in [-0.1, -0.05) is 29.8 Å². The average molecular weight is 505 g/mol. The number of aryl methyl sites for hydroxylation is 2. The van der Waals surface area contributed by atoms with E-state index in [1.165, 1.54) is 17.7 Å². The van der Waals surface area contributed by atoms with Gasteiger partial charge in [-0.15, -0.1) is 0 Å². The van der Waals surface area contributed by atoms with E-state index in [9.17, 15) is 17.6 Å². The van der Waals surface area contributed by atoms with Crippen LogP contribution in [0.5, 0.6) is 5.75 Å². The highest BCUT2D eigenvalue weighted by Gasteiger charge is 2.19. The van der Waals surface area contributed by atoms with E-state index < -0.39 is 15.8 Å². The maximum absolute atomic E-state index is 13.5. The molecule has 1 N–H and O–H groups in total. The smallest absolute Gasteiger partial charge is 0.251 e. The zero-order chi connectivity index (χ0) is 24.9. The van der Waals surface area contributed by atoms with Gasteiger partial charge in [0.15, 0.2) is 0 Å². The second-order valence-corrected chi connectivity index (χ2v) is 10.2. The Morgan fingerprint density at radius 2 is 1.74 bits per heavy atom. The van der Waals surface area contributed by atoms with Crippen molar-refractivity contribution in [1.29, 1.82) is 0 Å². The standard InChI is InChI=1S/C25H26ClFN2O4S/c1-17-4-10-22(14-18(17)2)33-13-12-28-25(30)20-7-5-19(6-8-20)16-29(34(3,31)32)21-9-11-24(27)23(26)15-21/h4-11,14-15H,12-13,16H2,1-3H3,(H,28,30). The summed E-state index contributed by atoms with van der Waals surface area (Å²) >= 11 is 5.82. The highest BCUT2D eigenvalue weighted by molar-refractivity contribution is 7.92. The molecule has 0 aliphatic heterocycles. The second-order valence-electron chi connectivity index (χ2n) is 7.92. The van der Waals surface area contributed by atoms with Gasteiger partial charge in [-0.05, 0) is 73.0 Å². The Kier molecular flexibility index (Phi) is 8.17. The number of anilines is 1. The fourth-order valence-corrected chi connectivity index (χ4v) is 4.26. The lowest BCUT2D eigenvalue weighted by molar-refractivity contribution is 0.0947. The molecule has 0 atom stereocenters. The molecule has 3 rings (SSSR count). The molecule has 0 saturated heterocycles. The lowest BCUT2D eigenvalue weighted by atomic mass is 10.1. The molecule has 3 aromatic rings. The molecule has 0 bridgehead atoms. The number of hydrogen-bond acceptors (Lipinski definition) is 4. The van der Waals surface area contributed by atoms with Crippen LogP contribution in [0.3, 0.4) is 0 Å². The normalized spacial score (nSPS) is 11.2. The average Bonchev–Trinajstić information content (AvgIpc) is 2.79. The molecule has 1 amide bonds. The Balaban J connectivity index is 1.58. The van der Waals surface area contributed by atoms with Gasteiger partial charge in [0, 0.05) is 5.56 Å². The van der Waals surface area contributed by atoms with Gasteiger partial charge in [0.25, 0.3) is 5.91 Å². The van der Waals surface area contributed by atoms with Crippen molar-refractivity contribution in [2.75, 3.05) is 23.7 Å². The van der Waals surface area contributed by atoms with E-state index in [0.29, 0.717) is 24.3 Å². The molecule has 0 heterocycles. The molecule has 0 radical (unpaired) electrons. The zero-order valence-corrected chi connectivity index (χ0v) is 20.7. The van der Waals surface area contributed by atoms with Gasteiger partial charge < -0.3 is 10.1 Å². The largest absolute Gasteiger partial charge is 0.492 e. The summed E-state index contributed by atoms with van der Waals surface area (Å²) in [6.45, 7) is 4.71. The number of nitrogens with one attached hydrogen (secondary N) is 1. The second kappa shape index (κ2) is 10.9. The van der Waals surface area contributed by atoms with E-state index in [4.69, 9.17) is 16.3 Å². The molecule has 0 aliphatic carbocycles. The van der Waals surface area contributed by atoms with Gasteiger partial charge in [-0.3, -0.25) is 9.10 Å². The third-order valence-electron chi connectivity index (χ3n) is 5.27. The van der Waals surface area contributed by atoms with Crippen LogP contribution in [0, 0.1) is 19.7 Å². The predicted molar refractivity (Wildman–Crippen MR) is 133 cm³/mol. The Labute approximate surface area is 204 Å². The van der Waals surface area contributed by atoms with Crippen molar-refractivity contribution in [3.63, 3.8) is 0 Å². The van der Waals surface area contributed by atoms with Crippen LogP contribution in [0.1, 0.15) is 27.0 Å². The van der Waals surface area contributed by atoms with Crippen LogP contribution >= 0.6 is 11.6 Å². The summed E-state index contributed by atoms with van der Waals surface area (Å²) in [7, 11) is -3.66. The number of benzene rings is 3. The highest BCUT2D eigenvalue weighted by Crippen LogP contribution is 2.26. The lowest BCUT2D eigenvalue weighted by Crippen LogP contribution is -2.29. The summed E-state index contributed by atoms with van der Waals surface area (Å²) < 4.78 is 44.9. The number of amides is 1. The Morgan fingerprint density at radius 1 is 1.03 bits per heavy atom. The van der Waals surface area contributed by atoms with Crippen molar-refractivity contribution < 1.29 is 22.3 Å². The molecule has 6 nitrogen and oxygen atoms in total. The monoisotopic (exact) mass is 504 g/mol. The summed E-state index contributed by atoms with van der Waals surface area (Å²) in [5.74, 6) is -0.145. The first-order valence-corrected chi connectivity index (χ1v) is 12.8. The van der Waals surface area contributed by atoms with Crippen molar-refractivity contribution >= 4 is 33.2 Å². The fraction of sp³-hybridized carbons (Fsp3) is 0.240. The summed E-state index contributed by atoms with van der Waals surface area (Å²) in [6, 6.07) is 16.1. The van der Waals surface area contributed by atoms with Gasteiger partial charge in [0.2, 0.25) is 10.0 Å². The molecule has 0 unspecified atom stereocenters. The van der Waals surface area contributed by atoms with E-state index >= 15 is 0 Å². The van der Waals surface area contributed by atoms with E-state index in [1.807, 2.05) is 32.0 Å². The minimum atomic E-state index is -3.66. The molecular formula is C25H26ClFN2O4S. The maximum atomic E-state index is 13.5. The van der Waals surface area contributed by atoms with Crippen LogP contribution in [-0.2, 0) is 16.6 Å². The lowest BCUT2D eigenvalue weighted by Gasteiger charge is -2.23. The van der Waals surface area contributed by atoms with Gasteiger partial charge in [0.05, 0.1) is 30.1 Å². The molecule has 0 spiro atoms. The Morgan fingerprint density at radius 3 is 2.35 bits per heavy atom. The predicted octanol–water partition coefficient (Wildman–Crippen LogP) is 4.87. The summed E-state index contributed by atoms with van der Waals surface area (Å²) in [4.78, 5) is 12.4. The van der Waals surface area contributed by atoms with Crippen molar-refractivity contribution in [2.45, 2.75) is 20.4 Å². The summed E-state index contributed by atoms with van der Waals surface area (Å²) in [5.41, 5.74) is 3.66. The zero-order valence-electron chi connectivity index (χ0n) is 19.1. The van der Waals surface area contributed by atoms with Crippen LogP contribution in [0.2, 0.25) is 5.02 Å². The first kappa shape index (κ1) is 25.5. The van der Waals surface area contributed by atoms with Gasteiger partial charge in [0.1, 0.15) is 18.2 Å². The third kappa shape index (κ3) is 6.71. The number of rotatable bonds is 9. The summed E-state index contributed by atoms with van der Waals surface area (Å²) in [5, 5.41) is 2.63. The SMILES string of the molecule is Cc1ccc(OCCNC(=O)c2ccc(CN(c3ccc(F)c(Cl)c3)S(C)(=O)=O)cc2)cc1C. The van der Waals surface area contributed by atoms with Gasteiger partial charge in [-0.25, -0.2) is 12.8 Å². The van der Waals surface area contributed by atoms with E-state index in [1.54, 1.807) is 24.3 Å². The fourth-order valence-electron chi connectivity index (χ4n) is 3.21. The molecule has 34 heavy (non-hydrogen) atoms. The first-order valence-electron chi connectivity index (χ1n) is 10.5. The number of nitrogens with zero attached hydrogens (tertiary/aromatic N) is 1. The molecule has 0 saturated carbocycles. The molecule has 9 heteroatoms. The summed E-state index contributed by atoms with van der Waals surface area (Å²) in [6.07, 6.45) is 1.06. The van der Waals surface area contributed by atoms with Crippen LogP contribution in [0.4, 0.5) is 10.1 Å². The molecule has 0 fully saturated rings. The topological polar surface area (TPSA) is 75.7 Å². The molecule has 0 aliphatic rings. The van der Waals surface area contributed by atoms with Crippen molar-refractivity contribution in [3.05, 3.63) is 93.8 Å². The minimum absolute atomic E-state index is 0.00645. The molecule has 180 valence electrons. The van der Waals surface area contributed by atoms with Crippen LogP contribution in [0.15, 0.2) is 60.7 Å². The minimum Gasteiger partial charge on any atom is -0.492 e. The van der Waals surface area contributed by atoms with E-state index in [0.717, 1.165) is 27.9 Å². The number of hydrogen-bond donors (Lipinski definition) is 1. The van der Waals surface area contributed by atoms with Crippen LogP contribution in [-0.4, -0.2) is 33.7 Å². The molecule has 3 aromatic carbocycles. The van der Waals surface area contributed by atoms with Crippen molar-refractivity contribution in [1.82, 2.24) is 5.32 Å². The Hall–Kier alpha value is -3.10. The van der Waals surface area contributed by atoms with Crippen LogP contribution < -0.4 is 14.4 Å². The number of sulfonamides is 1. The number of ether oxygens (including phenoxy) is 1. The number of carbonyl (C=O) groups is 1. The Bertz CT molecular complexity index is 1280. The van der Waals surface area contributed by atoms with Crippen molar-refractivity contribution in [3.8, 4) is 5.75 Å². The third-order valence-corrected chi connectivity index (χ3v) is 6.70.